The van der Waals surface area contributed by atoms with Crippen molar-refractivity contribution in [3.8, 4) is 0 Å². The van der Waals surface area contributed by atoms with Crippen molar-refractivity contribution in [1.82, 2.24) is 10.6 Å². The second-order valence-corrected chi connectivity index (χ2v) is 4.09. The molecule has 3 unspecified atom stereocenters. The third-order valence-corrected chi connectivity index (χ3v) is 2.54. The number of nitrogens with one attached hydrogen (secondary N) is 2. The predicted octanol–water partition coefficient (Wildman–Crippen LogP) is -0.184. The van der Waals surface area contributed by atoms with Crippen molar-refractivity contribution < 1.29 is 14.6 Å². The van der Waals surface area contributed by atoms with Crippen LogP contribution in [0.25, 0.3) is 0 Å². The Morgan fingerprint density at radius 1 is 1.67 bits per heavy atom. The molecule has 0 aliphatic carbocycles. The first-order valence-electron chi connectivity index (χ1n) is 5.39. The third kappa shape index (κ3) is 4.59. The number of hydrogen-bond acceptors (Lipinski definition) is 4. The standard InChI is InChI=1S/C10H20N2O3/c1-7(12-8(2)10(13)14)5-9-6-15-4-3-11-9/h7-9,11-12H,3-6H2,1-2H3,(H,13,14). The van der Waals surface area contributed by atoms with Gasteiger partial charge in [0.15, 0.2) is 0 Å². The summed E-state index contributed by atoms with van der Waals surface area (Å²) in [4.78, 5) is 10.6. The first-order chi connectivity index (χ1) is 7.09. The van der Waals surface area contributed by atoms with Gasteiger partial charge in [-0.05, 0) is 20.3 Å². The minimum Gasteiger partial charge on any atom is -0.480 e. The molecule has 0 spiro atoms. The molecule has 0 radical (unpaired) electrons. The van der Waals surface area contributed by atoms with Crippen molar-refractivity contribution in [2.75, 3.05) is 19.8 Å². The lowest BCUT2D eigenvalue weighted by molar-refractivity contribution is -0.139. The molecule has 0 bridgehead atoms. The fraction of sp³-hybridized carbons (Fsp3) is 0.900. The van der Waals surface area contributed by atoms with E-state index in [1.54, 1.807) is 6.92 Å². The summed E-state index contributed by atoms with van der Waals surface area (Å²) in [6.45, 7) is 6.02. The van der Waals surface area contributed by atoms with Gasteiger partial charge in [-0.15, -0.1) is 0 Å². The zero-order chi connectivity index (χ0) is 11.3. The molecule has 0 amide bonds. The van der Waals surface area contributed by atoms with Gasteiger partial charge in [-0.25, -0.2) is 0 Å². The zero-order valence-electron chi connectivity index (χ0n) is 9.32. The lowest BCUT2D eigenvalue weighted by Gasteiger charge is -2.27. The Hall–Kier alpha value is -0.650. The largest absolute Gasteiger partial charge is 0.480 e. The van der Waals surface area contributed by atoms with Gasteiger partial charge in [-0.2, -0.15) is 0 Å². The van der Waals surface area contributed by atoms with E-state index in [9.17, 15) is 4.79 Å². The summed E-state index contributed by atoms with van der Waals surface area (Å²) in [5.74, 6) is -0.810. The summed E-state index contributed by atoms with van der Waals surface area (Å²) in [5, 5.41) is 15.1. The SMILES string of the molecule is CC(CC1COCCN1)NC(C)C(=O)O. The van der Waals surface area contributed by atoms with Crippen LogP contribution in [0.5, 0.6) is 0 Å². The van der Waals surface area contributed by atoms with E-state index < -0.39 is 12.0 Å². The zero-order valence-corrected chi connectivity index (χ0v) is 9.32. The fourth-order valence-electron chi connectivity index (χ4n) is 1.76. The molecule has 0 aromatic rings. The van der Waals surface area contributed by atoms with Crippen LogP contribution in [0.3, 0.4) is 0 Å². The maximum Gasteiger partial charge on any atom is 0.320 e. The monoisotopic (exact) mass is 216 g/mol. The maximum absolute atomic E-state index is 10.6. The summed E-state index contributed by atoms with van der Waals surface area (Å²) < 4.78 is 5.33. The topological polar surface area (TPSA) is 70.6 Å². The molecule has 1 aliphatic rings. The summed E-state index contributed by atoms with van der Waals surface area (Å²) in [5.41, 5.74) is 0. The number of carbonyl (C=O) groups is 1. The van der Waals surface area contributed by atoms with Crippen LogP contribution in [-0.4, -0.2) is 49.0 Å². The van der Waals surface area contributed by atoms with Gasteiger partial charge in [0.1, 0.15) is 6.04 Å². The van der Waals surface area contributed by atoms with Crippen LogP contribution in [0.1, 0.15) is 20.3 Å². The van der Waals surface area contributed by atoms with Crippen molar-refractivity contribution in [2.24, 2.45) is 0 Å². The number of rotatable bonds is 5. The highest BCUT2D eigenvalue weighted by Crippen LogP contribution is 2.03. The van der Waals surface area contributed by atoms with E-state index in [1.165, 1.54) is 0 Å². The van der Waals surface area contributed by atoms with Crippen LogP contribution >= 0.6 is 0 Å². The van der Waals surface area contributed by atoms with Crippen molar-refractivity contribution in [3.05, 3.63) is 0 Å². The van der Waals surface area contributed by atoms with Crippen LogP contribution in [0.15, 0.2) is 0 Å². The molecule has 5 nitrogen and oxygen atoms in total. The Labute approximate surface area is 90.2 Å². The van der Waals surface area contributed by atoms with Gasteiger partial charge < -0.3 is 20.5 Å². The van der Waals surface area contributed by atoms with E-state index in [0.717, 1.165) is 19.6 Å². The molecule has 1 rings (SSSR count). The van der Waals surface area contributed by atoms with Gasteiger partial charge >= 0.3 is 5.97 Å². The molecule has 3 N–H and O–H groups in total. The molecule has 0 saturated carbocycles. The highest BCUT2D eigenvalue weighted by molar-refractivity contribution is 5.72. The van der Waals surface area contributed by atoms with Gasteiger partial charge in [-0.3, -0.25) is 4.79 Å². The molecule has 0 aromatic carbocycles. The van der Waals surface area contributed by atoms with E-state index in [0.29, 0.717) is 12.6 Å². The Morgan fingerprint density at radius 3 is 2.93 bits per heavy atom. The predicted molar refractivity (Wildman–Crippen MR) is 56.9 cm³/mol. The van der Waals surface area contributed by atoms with E-state index >= 15 is 0 Å². The van der Waals surface area contributed by atoms with Gasteiger partial charge in [0.25, 0.3) is 0 Å². The molecule has 5 heteroatoms. The van der Waals surface area contributed by atoms with E-state index in [1.807, 2.05) is 6.92 Å². The Morgan fingerprint density at radius 2 is 2.40 bits per heavy atom. The third-order valence-electron chi connectivity index (χ3n) is 2.54. The van der Waals surface area contributed by atoms with Gasteiger partial charge in [0.05, 0.1) is 13.2 Å². The van der Waals surface area contributed by atoms with Gasteiger partial charge in [-0.1, -0.05) is 0 Å². The van der Waals surface area contributed by atoms with E-state index in [2.05, 4.69) is 10.6 Å². The Balaban J connectivity index is 2.22. The lowest BCUT2D eigenvalue weighted by atomic mass is 10.1. The van der Waals surface area contributed by atoms with Gasteiger partial charge in [0.2, 0.25) is 0 Å². The molecular weight excluding hydrogens is 196 g/mol. The number of aliphatic carboxylic acids is 1. The minimum atomic E-state index is -0.810. The fourth-order valence-corrected chi connectivity index (χ4v) is 1.76. The number of hydrogen-bond donors (Lipinski definition) is 3. The quantitative estimate of drug-likeness (QED) is 0.594. The van der Waals surface area contributed by atoms with Crippen molar-refractivity contribution >= 4 is 5.97 Å². The first-order valence-corrected chi connectivity index (χ1v) is 5.39. The Bertz CT molecular complexity index is 205. The summed E-state index contributed by atoms with van der Waals surface area (Å²) in [6, 6.07) is 0.0158. The average Bonchev–Trinajstić information content (AvgIpc) is 2.18. The van der Waals surface area contributed by atoms with Crippen molar-refractivity contribution in [2.45, 2.75) is 38.4 Å². The normalized spacial score (nSPS) is 25.9. The Kier molecular flexibility index (Phi) is 5.01. The molecule has 1 saturated heterocycles. The number of carboxylic acids is 1. The maximum atomic E-state index is 10.6. The van der Waals surface area contributed by atoms with Crippen LogP contribution in [0.4, 0.5) is 0 Å². The van der Waals surface area contributed by atoms with E-state index in [4.69, 9.17) is 9.84 Å². The molecule has 1 aliphatic heterocycles. The van der Waals surface area contributed by atoms with Crippen molar-refractivity contribution in [3.63, 3.8) is 0 Å². The second-order valence-electron chi connectivity index (χ2n) is 4.09. The van der Waals surface area contributed by atoms with Gasteiger partial charge in [0, 0.05) is 18.6 Å². The molecule has 88 valence electrons. The van der Waals surface area contributed by atoms with Crippen molar-refractivity contribution in [1.29, 1.82) is 0 Å². The summed E-state index contributed by atoms with van der Waals surface area (Å²) in [6.07, 6.45) is 0.887. The van der Waals surface area contributed by atoms with Crippen LogP contribution in [0.2, 0.25) is 0 Å². The summed E-state index contributed by atoms with van der Waals surface area (Å²) in [7, 11) is 0. The van der Waals surface area contributed by atoms with Crippen LogP contribution in [-0.2, 0) is 9.53 Å². The van der Waals surface area contributed by atoms with E-state index in [-0.39, 0.29) is 6.04 Å². The number of ether oxygens (including phenoxy) is 1. The minimum absolute atomic E-state index is 0.176. The summed E-state index contributed by atoms with van der Waals surface area (Å²) >= 11 is 0. The smallest absolute Gasteiger partial charge is 0.320 e. The molecule has 1 heterocycles. The highest BCUT2D eigenvalue weighted by Gasteiger charge is 2.19. The average molecular weight is 216 g/mol. The van der Waals surface area contributed by atoms with Crippen LogP contribution in [0, 0.1) is 0 Å². The molecule has 15 heavy (non-hydrogen) atoms. The lowest BCUT2D eigenvalue weighted by Crippen LogP contribution is -2.47. The molecule has 0 aromatic heterocycles. The second kappa shape index (κ2) is 6.05. The van der Waals surface area contributed by atoms with Crippen LogP contribution < -0.4 is 10.6 Å². The molecule has 3 atom stereocenters. The molecule has 1 fully saturated rings. The number of carboxylic acid groups (broad SMARTS) is 1. The number of morpholine rings is 1. The molecular formula is C10H20N2O3. The first kappa shape index (κ1) is 12.4. The highest BCUT2D eigenvalue weighted by atomic mass is 16.5.